The number of anilines is 1. The normalized spacial score (nSPS) is 18.2. The number of nitrogens with one attached hydrogen (secondary N) is 1. The highest BCUT2D eigenvalue weighted by Crippen LogP contribution is 2.19. The molecule has 94 valence electrons. The molecule has 4 heteroatoms. The van der Waals surface area contributed by atoms with Gasteiger partial charge in [-0.05, 0) is 63.9 Å². The van der Waals surface area contributed by atoms with Crippen molar-refractivity contribution in [1.29, 1.82) is 0 Å². The standard InChI is InChI=1S/C13H22N4/c1-11-9-13(16-15-10-11)14-6-3-12-4-7-17(2)8-5-12/h9-10,12H,3-8H2,1-2H3,(H,14,16). The number of hydrogen-bond acceptors (Lipinski definition) is 4. The van der Waals surface area contributed by atoms with Gasteiger partial charge in [0.15, 0.2) is 0 Å². The summed E-state index contributed by atoms with van der Waals surface area (Å²) in [5.74, 6) is 1.77. The molecule has 0 radical (unpaired) electrons. The molecule has 4 nitrogen and oxygen atoms in total. The highest BCUT2D eigenvalue weighted by atomic mass is 15.2. The number of likely N-dealkylation sites (tertiary alicyclic amines) is 1. The van der Waals surface area contributed by atoms with Gasteiger partial charge in [0.2, 0.25) is 0 Å². The Morgan fingerprint density at radius 2 is 2.18 bits per heavy atom. The first kappa shape index (κ1) is 12.3. The highest BCUT2D eigenvalue weighted by molar-refractivity contribution is 5.34. The van der Waals surface area contributed by atoms with Crippen LogP contribution in [0.15, 0.2) is 12.3 Å². The molecule has 0 bridgehead atoms. The van der Waals surface area contributed by atoms with Crippen LogP contribution in [-0.4, -0.2) is 41.8 Å². The summed E-state index contributed by atoms with van der Waals surface area (Å²) in [7, 11) is 2.21. The van der Waals surface area contributed by atoms with Gasteiger partial charge in [-0.3, -0.25) is 0 Å². The van der Waals surface area contributed by atoms with E-state index in [4.69, 9.17) is 0 Å². The van der Waals surface area contributed by atoms with Crippen LogP contribution >= 0.6 is 0 Å². The molecular formula is C13H22N4. The van der Waals surface area contributed by atoms with Gasteiger partial charge in [0, 0.05) is 6.54 Å². The lowest BCUT2D eigenvalue weighted by Gasteiger charge is -2.28. The molecule has 1 N–H and O–H groups in total. The van der Waals surface area contributed by atoms with Gasteiger partial charge in [-0.1, -0.05) is 0 Å². The van der Waals surface area contributed by atoms with Crippen molar-refractivity contribution < 1.29 is 0 Å². The van der Waals surface area contributed by atoms with Crippen LogP contribution in [0.2, 0.25) is 0 Å². The van der Waals surface area contributed by atoms with E-state index in [2.05, 4.69) is 27.5 Å². The summed E-state index contributed by atoms with van der Waals surface area (Å²) in [6.07, 6.45) is 5.68. The number of rotatable bonds is 4. The molecule has 1 saturated heterocycles. The first-order chi connectivity index (χ1) is 8.24. The van der Waals surface area contributed by atoms with E-state index in [1.807, 2.05) is 13.0 Å². The van der Waals surface area contributed by atoms with Gasteiger partial charge in [-0.15, -0.1) is 5.10 Å². The van der Waals surface area contributed by atoms with E-state index in [1.54, 1.807) is 6.20 Å². The van der Waals surface area contributed by atoms with E-state index >= 15 is 0 Å². The summed E-state index contributed by atoms with van der Waals surface area (Å²) in [5, 5.41) is 11.4. The highest BCUT2D eigenvalue weighted by Gasteiger charge is 2.15. The van der Waals surface area contributed by atoms with Gasteiger partial charge < -0.3 is 10.2 Å². The fourth-order valence-electron chi connectivity index (χ4n) is 2.31. The van der Waals surface area contributed by atoms with Crippen LogP contribution in [0, 0.1) is 12.8 Å². The maximum Gasteiger partial charge on any atom is 0.148 e. The monoisotopic (exact) mass is 234 g/mol. The van der Waals surface area contributed by atoms with Crippen LogP contribution in [0.1, 0.15) is 24.8 Å². The molecule has 1 aliphatic heterocycles. The van der Waals surface area contributed by atoms with Crippen molar-refractivity contribution in [2.45, 2.75) is 26.2 Å². The van der Waals surface area contributed by atoms with Gasteiger partial charge in [0.1, 0.15) is 5.82 Å². The van der Waals surface area contributed by atoms with Crippen LogP contribution < -0.4 is 5.32 Å². The zero-order valence-corrected chi connectivity index (χ0v) is 10.8. The van der Waals surface area contributed by atoms with Crippen molar-refractivity contribution in [2.75, 3.05) is 32.0 Å². The van der Waals surface area contributed by atoms with Crippen LogP contribution in [-0.2, 0) is 0 Å². The third-order valence-corrected chi connectivity index (χ3v) is 3.49. The van der Waals surface area contributed by atoms with Crippen molar-refractivity contribution in [2.24, 2.45) is 5.92 Å². The fraction of sp³-hybridized carbons (Fsp3) is 0.692. The molecule has 0 unspecified atom stereocenters. The van der Waals surface area contributed by atoms with Crippen molar-refractivity contribution in [3.8, 4) is 0 Å². The quantitative estimate of drug-likeness (QED) is 0.864. The average molecular weight is 234 g/mol. The van der Waals surface area contributed by atoms with Gasteiger partial charge >= 0.3 is 0 Å². The SMILES string of the molecule is Cc1cnnc(NCCC2CCN(C)CC2)c1. The van der Waals surface area contributed by atoms with E-state index in [0.29, 0.717) is 0 Å². The van der Waals surface area contributed by atoms with E-state index in [-0.39, 0.29) is 0 Å². The van der Waals surface area contributed by atoms with Crippen molar-refractivity contribution in [3.05, 3.63) is 17.8 Å². The van der Waals surface area contributed by atoms with E-state index in [9.17, 15) is 0 Å². The van der Waals surface area contributed by atoms with E-state index < -0.39 is 0 Å². The summed E-state index contributed by atoms with van der Waals surface area (Å²) in [6.45, 7) is 5.53. The summed E-state index contributed by atoms with van der Waals surface area (Å²) < 4.78 is 0. The van der Waals surface area contributed by atoms with Gasteiger partial charge in [-0.2, -0.15) is 5.10 Å². The smallest absolute Gasteiger partial charge is 0.148 e. The largest absolute Gasteiger partial charge is 0.369 e. The summed E-state index contributed by atoms with van der Waals surface area (Å²) in [4.78, 5) is 2.41. The molecule has 1 aliphatic rings. The molecule has 17 heavy (non-hydrogen) atoms. The van der Waals surface area contributed by atoms with Crippen LogP contribution in [0.4, 0.5) is 5.82 Å². The number of aryl methyl sites for hydroxylation is 1. The molecule has 2 rings (SSSR count). The minimum Gasteiger partial charge on any atom is -0.369 e. The molecule has 1 aromatic rings. The molecule has 1 fully saturated rings. The molecule has 0 aromatic carbocycles. The Hall–Kier alpha value is -1.16. The molecule has 1 aromatic heterocycles. The molecule has 0 spiro atoms. The fourth-order valence-corrected chi connectivity index (χ4v) is 2.31. The minimum absolute atomic E-state index is 0.872. The molecule has 0 saturated carbocycles. The number of aromatic nitrogens is 2. The Labute approximate surface area is 103 Å². The summed E-state index contributed by atoms with van der Waals surface area (Å²) in [5.41, 5.74) is 1.15. The van der Waals surface area contributed by atoms with Crippen LogP contribution in [0.5, 0.6) is 0 Å². The Kier molecular flexibility index (Phi) is 4.31. The van der Waals surface area contributed by atoms with E-state index in [1.165, 1.54) is 32.4 Å². The predicted octanol–water partition coefficient (Wildman–Crippen LogP) is 1.93. The first-order valence-corrected chi connectivity index (χ1v) is 6.46. The number of hydrogen-bond donors (Lipinski definition) is 1. The average Bonchev–Trinajstić information content (AvgIpc) is 2.32. The van der Waals surface area contributed by atoms with Crippen LogP contribution in [0.3, 0.4) is 0 Å². The van der Waals surface area contributed by atoms with Gasteiger partial charge in [0.05, 0.1) is 6.20 Å². The molecule has 2 heterocycles. The Bertz CT molecular complexity index is 345. The molecule has 0 aliphatic carbocycles. The Morgan fingerprint density at radius 3 is 2.88 bits per heavy atom. The molecule has 0 atom stereocenters. The lowest BCUT2D eigenvalue weighted by molar-refractivity contribution is 0.215. The predicted molar refractivity (Wildman–Crippen MR) is 70.1 cm³/mol. The zero-order chi connectivity index (χ0) is 12.1. The number of nitrogens with zero attached hydrogens (tertiary/aromatic N) is 3. The second-order valence-corrected chi connectivity index (χ2v) is 5.08. The lowest BCUT2D eigenvalue weighted by atomic mass is 9.94. The molecular weight excluding hydrogens is 212 g/mol. The first-order valence-electron chi connectivity index (χ1n) is 6.46. The maximum atomic E-state index is 4.06. The van der Waals surface area contributed by atoms with Crippen molar-refractivity contribution in [3.63, 3.8) is 0 Å². The van der Waals surface area contributed by atoms with Crippen LogP contribution in [0.25, 0.3) is 0 Å². The zero-order valence-electron chi connectivity index (χ0n) is 10.8. The van der Waals surface area contributed by atoms with Gasteiger partial charge in [-0.25, -0.2) is 0 Å². The lowest BCUT2D eigenvalue weighted by Crippen LogP contribution is -2.30. The molecule has 0 amide bonds. The second kappa shape index (κ2) is 5.96. The minimum atomic E-state index is 0.872. The third kappa shape index (κ3) is 3.97. The number of piperidine rings is 1. The van der Waals surface area contributed by atoms with Gasteiger partial charge in [0.25, 0.3) is 0 Å². The second-order valence-electron chi connectivity index (χ2n) is 5.08. The topological polar surface area (TPSA) is 41.1 Å². The maximum absolute atomic E-state index is 4.06. The summed E-state index contributed by atoms with van der Waals surface area (Å²) >= 11 is 0. The Morgan fingerprint density at radius 1 is 1.41 bits per heavy atom. The summed E-state index contributed by atoms with van der Waals surface area (Å²) in [6, 6.07) is 2.04. The van der Waals surface area contributed by atoms with Crippen molar-refractivity contribution >= 4 is 5.82 Å². The Balaban J connectivity index is 1.69. The van der Waals surface area contributed by atoms with Crippen molar-refractivity contribution in [1.82, 2.24) is 15.1 Å². The third-order valence-electron chi connectivity index (χ3n) is 3.49. The van der Waals surface area contributed by atoms with E-state index in [0.717, 1.165) is 23.8 Å².